The average Bonchev–Trinajstić information content (AvgIpc) is 2.57. The lowest BCUT2D eigenvalue weighted by Gasteiger charge is -2.38. The zero-order valence-corrected chi connectivity index (χ0v) is 15.0. The zero-order valence-electron chi connectivity index (χ0n) is 14.2. The molecule has 0 saturated carbocycles. The van der Waals surface area contributed by atoms with Gasteiger partial charge in [-0.05, 0) is 49.2 Å². The number of alkyl halides is 3. The highest BCUT2D eigenvalue weighted by atomic mass is 35.5. The number of benzene rings is 2. The SMILES string of the molecule is Cc1cc(Cl)c(OC2(C(F)(F)F)Oc3ccccc3C=C2C(=O)O)cc1C. The van der Waals surface area contributed by atoms with E-state index in [1.54, 1.807) is 19.9 Å². The number of aryl methyl sites for hydroxylation is 2. The van der Waals surface area contributed by atoms with Crippen molar-refractivity contribution in [1.82, 2.24) is 0 Å². The lowest BCUT2D eigenvalue weighted by atomic mass is 9.97. The Labute approximate surface area is 157 Å². The lowest BCUT2D eigenvalue weighted by molar-refractivity contribution is -0.304. The minimum atomic E-state index is -5.20. The summed E-state index contributed by atoms with van der Waals surface area (Å²) in [4.78, 5) is 11.7. The van der Waals surface area contributed by atoms with Gasteiger partial charge in [0.2, 0.25) is 0 Å². The Morgan fingerprint density at radius 3 is 2.44 bits per heavy atom. The largest absolute Gasteiger partial charge is 0.478 e. The van der Waals surface area contributed by atoms with Crippen LogP contribution in [0.1, 0.15) is 16.7 Å². The van der Waals surface area contributed by atoms with Gasteiger partial charge in [-0.25, -0.2) is 4.79 Å². The number of carboxylic acids is 1. The van der Waals surface area contributed by atoms with E-state index in [-0.39, 0.29) is 22.1 Å². The van der Waals surface area contributed by atoms with Crippen molar-refractivity contribution in [3.05, 3.63) is 63.7 Å². The Hall–Kier alpha value is -2.67. The van der Waals surface area contributed by atoms with E-state index in [0.29, 0.717) is 5.56 Å². The molecule has 8 heteroatoms. The summed E-state index contributed by atoms with van der Waals surface area (Å²) in [6, 6.07) is 8.53. The molecule has 1 aliphatic heterocycles. The van der Waals surface area contributed by atoms with Gasteiger partial charge < -0.3 is 14.6 Å². The summed E-state index contributed by atoms with van der Waals surface area (Å²) in [5, 5.41) is 9.36. The molecule has 1 aliphatic rings. The van der Waals surface area contributed by atoms with Gasteiger partial charge in [0.1, 0.15) is 17.1 Å². The number of ether oxygens (including phenoxy) is 2. The molecule has 3 rings (SSSR count). The van der Waals surface area contributed by atoms with E-state index in [0.717, 1.165) is 11.6 Å². The van der Waals surface area contributed by atoms with Crippen LogP contribution in [0.5, 0.6) is 11.5 Å². The maximum absolute atomic E-state index is 14.1. The van der Waals surface area contributed by atoms with Crippen LogP contribution < -0.4 is 9.47 Å². The monoisotopic (exact) mass is 398 g/mol. The summed E-state index contributed by atoms with van der Waals surface area (Å²) in [5.74, 6) is -5.84. The number of hydrogen-bond donors (Lipinski definition) is 1. The lowest BCUT2D eigenvalue weighted by Crippen LogP contribution is -2.59. The molecule has 0 saturated heterocycles. The first-order valence-corrected chi connectivity index (χ1v) is 8.19. The minimum absolute atomic E-state index is 0.0890. The fourth-order valence-corrected chi connectivity index (χ4v) is 2.94. The highest BCUT2D eigenvalue weighted by Gasteiger charge is 2.66. The molecule has 142 valence electrons. The number of carboxylic acid groups (broad SMARTS) is 1. The van der Waals surface area contributed by atoms with Crippen molar-refractivity contribution in [2.24, 2.45) is 0 Å². The molecular weight excluding hydrogens is 385 g/mol. The number of carbonyl (C=O) groups is 1. The van der Waals surface area contributed by atoms with Crippen molar-refractivity contribution < 1.29 is 32.5 Å². The van der Waals surface area contributed by atoms with Crippen LogP contribution in [-0.4, -0.2) is 23.0 Å². The Balaban J connectivity index is 2.22. The summed E-state index contributed by atoms with van der Waals surface area (Å²) in [5.41, 5.74) is 0.480. The fourth-order valence-electron chi connectivity index (χ4n) is 2.69. The molecule has 0 amide bonds. The molecule has 1 atom stereocenters. The van der Waals surface area contributed by atoms with Gasteiger partial charge in [-0.3, -0.25) is 0 Å². The van der Waals surface area contributed by atoms with Gasteiger partial charge in [0.05, 0.1) is 5.02 Å². The molecule has 0 fully saturated rings. The van der Waals surface area contributed by atoms with Crippen LogP contribution in [0.25, 0.3) is 6.08 Å². The van der Waals surface area contributed by atoms with Gasteiger partial charge >= 0.3 is 17.9 Å². The molecule has 1 N–H and O–H groups in total. The predicted molar refractivity (Wildman–Crippen MR) is 93.0 cm³/mol. The van der Waals surface area contributed by atoms with Gasteiger partial charge in [-0.15, -0.1) is 0 Å². The van der Waals surface area contributed by atoms with Crippen LogP contribution >= 0.6 is 11.6 Å². The number of hydrogen-bond acceptors (Lipinski definition) is 3. The summed E-state index contributed by atoms with van der Waals surface area (Å²) < 4.78 is 52.6. The molecule has 0 bridgehead atoms. The van der Waals surface area contributed by atoms with Crippen molar-refractivity contribution >= 4 is 23.6 Å². The first kappa shape index (κ1) is 19.1. The van der Waals surface area contributed by atoms with Crippen molar-refractivity contribution in [3.8, 4) is 11.5 Å². The second kappa shape index (κ2) is 6.49. The Kier molecular flexibility index (Phi) is 4.59. The molecule has 4 nitrogen and oxygen atoms in total. The first-order chi connectivity index (χ1) is 12.5. The molecule has 0 spiro atoms. The minimum Gasteiger partial charge on any atom is -0.478 e. The predicted octanol–water partition coefficient (Wildman–Crippen LogP) is 5.15. The van der Waals surface area contributed by atoms with Crippen LogP contribution in [0, 0.1) is 13.8 Å². The first-order valence-electron chi connectivity index (χ1n) is 7.81. The molecule has 1 unspecified atom stereocenters. The molecule has 0 radical (unpaired) electrons. The molecule has 27 heavy (non-hydrogen) atoms. The standard InChI is InChI=1S/C19H14ClF3O4/c1-10-7-14(20)16(8-11(10)2)27-18(19(21,22)23)13(17(24)25)9-12-5-3-4-6-15(12)26-18/h3-9H,1-2H3,(H,24,25). The second-order valence-electron chi connectivity index (χ2n) is 6.09. The van der Waals surface area contributed by atoms with Gasteiger partial charge in [-0.1, -0.05) is 29.8 Å². The van der Waals surface area contributed by atoms with Crippen molar-refractivity contribution in [2.45, 2.75) is 25.8 Å². The number of fused-ring (bicyclic) bond motifs is 1. The fraction of sp³-hybridized carbons (Fsp3) is 0.211. The molecule has 2 aromatic rings. The average molecular weight is 399 g/mol. The smallest absolute Gasteiger partial charge is 0.473 e. The van der Waals surface area contributed by atoms with Crippen molar-refractivity contribution in [1.29, 1.82) is 0 Å². The van der Waals surface area contributed by atoms with E-state index in [4.69, 9.17) is 21.1 Å². The quantitative estimate of drug-likeness (QED) is 0.776. The third-order valence-corrected chi connectivity index (χ3v) is 4.53. The van der Waals surface area contributed by atoms with E-state index in [2.05, 4.69) is 0 Å². The van der Waals surface area contributed by atoms with E-state index in [1.165, 1.54) is 30.3 Å². The van der Waals surface area contributed by atoms with Gasteiger partial charge in [0.15, 0.2) is 0 Å². The van der Waals surface area contributed by atoms with E-state index in [9.17, 15) is 23.1 Å². The van der Waals surface area contributed by atoms with Crippen LogP contribution in [-0.2, 0) is 4.79 Å². The number of halogens is 4. The molecular formula is C19H14ClF3O4. The zero-order chi connectivity index (χ0) is 20.0. The third-order valence-electron chi connectivity index (χ3n) is 4.23. The molecule has 2 aromatic carbocycles. The number of para-hydroxylation sites is 1. The topological polar surface area (TPSA) is 55.8 Å². The van der Waals surface area contributed by atoms with Gasteiger partial charge in [0.25, 0.3) is 0 Å². The summed E-state index contributed by atoms with van der Waals surface area (Å²) in [7, 11) is 0. The normalized spacial score (nSPS) is 19.0. The summed E-state index contributed by atoms with van der Waals surface area (Å²) >= 11 is 6.05. The van der Waals surface area contributed by atoms with Crippen LogP contribution in [0.4, 0.5) is 13.2 Å². The summed E-state index contributed by atoms with van der Waals surface area (Å²) in [6.45, 7) is 3.41. The molecule has 0 aromatic heterocycles. The molecule has 1 heterocycles. The highest BCUT2D eigenvalue weighted by molar-refractivity contribution is 6.32. The highest BCUT2D eigenvalue weighted by Crippen LogP contribution is 2.47. The third kappa shape index (κ3) is 3.23. The van der Waals surface area contributed by atoms with Crippen molar-refractivity contribution in [2.75, 3.05) is 0 Å². The number of aliphatic carboxylic acids is 1. The van der Waals surface area contributed by atoms with E-state index >= 15 is 0 Å². The molecule has 0 aliphatic carbocycles. The van der Waals surface area contributed by atoms with Gasteiger partial charge in [-0.2, -0.15) is 13.2 Å². The van der Waals surface area contributed by atoms with Crippen LogP contribution in [0.3, 0.4) is 0 Å². The summed E-state index contributed by atoms with van der Waals surface area (Å²) in [6.07, 6.45) is -4.31. The van der Waals surface area contributed by atoms with E-state index < -0.39 is 23.5 Å². The Morgan fingerprint density at radius 1 is 1.19 bits per heavy atom. The maximum Gasteiger partial charge on any atom is 0.473 e. The van der Waals surface area contributed by atoms with Gasteiger partial charge in [0, 0.05) is 5.56 Å². The van der Waals surface area contributed by atoms with E-state index in [1.807, 2.05) is 0 Å². The Bertz CT molecular complexity index is 952. The number of rotatable bonds is 3. The van der Waals surface area contributed by atoms with Crippen LogP contribution in [0.15, 0.2) is 42.0 Å². The second-order valence-corrected chi connectivity index (χ2v) is 6.49. The maximum atomic E-state index is 14.1. The van der Waals surface area contributed by atoms with Crippen molar-refractivity contribution in [3.63, 3.8) is 0 Å². The Morgan fingerprint density at radius 2 is 1.81 bits per heavy atom. The van der Waals surface area contributed by atoms with Crippen LogP contribution in [0.2, 0.25) is 5.02 Å².